The van der Waals surface area contributed by atoms with Crippen LogP contribution >= 0.6 is 0 Å². The Bertz CT molecular complexity index is 979. The molecule has 2 aromatic heterocycles. The number of pyridine rings is 1. The molecule has 1 aliphatic heterocycles. The molecule has 3 aromatic rings. The second kappa shape index (κ2) is 10.7. The summed E-state index contributed by atoms with van der Waals surface area (Å²) in [5, 5.41) is 2.85. The molecule has 31 heavy (non-hydrogen) atoms. The zero-order valence-corrected chi connectivity index (χ0v) is 17.5. The SMILES string of the molecule is O=C(NCc1ccncc1)c1coc(CN2CCN(CC=Cc3ccccc3)CC2)n1. The number of nitrogens with zero attached hydrogens (tertiary/aromatic N) is 4. The lowest BCUT2D eigenvalue weighted by atomic mass is 10.2. The van der Waals surface area contributed by atoms with Crippen molar-refractivity contribution in [2.24, 2.45) is 0 Å². The van der Waals surface area contributed by atoms with E-state index in [1.54, 1.807) is 12.4 Å². The monoisotopic (exact) mass is 417 g/mol. The van der Waals surface area contributed by atoms with Crippen LogP contribution in [0.25, 0.3) is 6.08 Å². The summed E-state index contributed by atoms with van der Waals surface area (Å²) < 4.78 is 5.53. The number of amides is 1. The molecule has 1 amide bonds. The summed E-state index contributed by atoms with van der Waals surface area (Å²) >= 11 is 0. The van der Waals surface area contributed by atoms with Crippen molar-refractivity contribution >= 4 is 12.0 Å². The van der Waals surface area contributed by atoms with Crippen molar-refractivity contribution in [2.45, 2.75) is 13.1 Å². The van der Waals surface area contributed by atoms with Gasteiger partial charge in [-0.2, -0.15) is 0 Å². The maximum absolute atomic E-state index is 12.3. The molecule has 1 aromatic carbocycles. The Morgan fingerprint density at radius 1 is 1.03 bits per heavy atom. The van der Waals surface area contributed by atoms with Crippen molar-refractivity contribution in [1.29, 1.82) is 0 Å². The van der Waals surface area contributed by atoms with Crippen molar-refractivity contribution in [2.75, 3.05) is 32.7 Å². The molecule has 0 unspecified atom stereocenters. The molecular formula is C24H27N5O2. The van der Waals surface area contributed by atoms with Crippen LogP contribution in [0.15, 0.2) is 71.6 Å². The molecule has 0 atom stereocenters. The third kappa shape index (κ3) is 6.34. The van der Waals surface area contributed by atoms with Crippen LogP contribution in [0.2, 0.25) is 0 Å². The number of nitrogens with one attached hydrogen (secondary N) is 1. The zero-order valence-electron chi connectivity index (χ0n) is 17.5. The van der Waals surface area contributed by atoms with E-state index in [1.807, 2.05) is 18.2 Å². The van der Waals surface area contributed by atoms with Crippen LogP contribution in [0, 0.1) is 0 Å². The number of aromatic nitrogens is 2. The van der Waals surface area contributed by atoms with Crippen LogP contribution in [0.5, 0.6) is 0 Å². The van der Waals surface area contributed by atoms with Crippen LogP contribution in [-0.2, 0) is 13.1 Å². The second-order valence-corrected chi connectivity index (χ2v) is 7.55. The van der Waals surface area contributed by atoms with Gasteiger partial charge >= 0.3 is 0 Å². The molecule has 160 valence electrons. The van der Waals surface area contributed by atoms with Gasteiger partial charge in [-0.3, -0.25) is 19.6 Å². The van der Waals surface area contributed by atoms with Gasteiger partial charge in [0.1, 0.15) is 6.26 Å². The normalized spacial score (nSPS) is 15.4. The molecule has 1 saturated heterocycles. The van der Waals surface area contributed by atoms with E-state index in [0.29, 0.717) is 24.7 Å². The fourth-order valence-corrected chi connectivity index (χ4v) is 3.48. The number of oxazole rings is 1. The summed E-state index contributed by atoms with van der Waals surface area (Å²) in [5.41, 5.74) is 2.53. The molecule has 0 spiro atoms. The lowest BCUT2D eigenvalue weighted by Gasteiger charge is -2.33. The molecule has 0 radical (unpaired) electrons. The van der Waals surface area contributed by atoms with Gasteiger partial charge in [-0.25, -0.2) is 4.98 Å². The third-order valence-electron chi connectivity index (χ3n) is 5.28. The third-order valence-corrected chi connectivity index (χ3v) is 5.28. The Morgan fingerprint density at radius 3 is 2.55 bits per heavy atom. The smallest absolute Gasteiger partial charge is 0.273 e. The maximum Gasteiger partial charge on any atom is 0.273 e. The predicted molar refractivity (Wildman–Crippen MR) is 119 cm³/mol. The van der Waals surface area contributed by atoms with E-state index in [1.165, 1.54) is 11.8 Å². The van der Waals surface area contributed by atoms with E-state index in [-0.39, 0.29) is 5.91 Å². The van der Waals surface area contributed by atoms with Crippen molar-refractivity contribution in [3.8, 4) is 0 Å². The number of piperazine rings is 1. The lowest BCUT2D eigenvalue weighted by molar-refractivity contribution is 0.0945. The molecule has 7 heteroatoms. The van der Waals surface area contributed by atoms with Gasteiger partial charge in [0, 0.05) is 51.7 Å². The number of hydrogen-bond donors (Lipinski definition) is 1. The minimum absolute atomic E-state index is 0.234. The summed E-state index contributed by atoms with van der Waals surface area (Å²) in [6.45, 7) is 5.90. The largest absolute Gasteiger partial charge is 0.447 e. The predicted octanol–water partition coefficient (Wildman–Crippen LogP) is 2.83. The Kier molecular flexibility index (Phi) is 7.20. The van der Waals surface area contributed by atoms with E-state index in [9.17, 15) is 4.79 Å². The molecule has 0 aliphatic carbocycles. The van der Waals surface area contributed by atoms with Crippen LogP contribution in [0.4, 0.5) is 0 Å². The number of hydrogen-bond acceptors (Lipinski definition) is 6. The van der Waals surface area contributed by atoms with Gasteiger partial charge in [0.05, 0.1) is 6.54 Å². The highest BCUT2D eigenvalue weighted by Crippen LogP contribution is 2.10. The first kappa shape index (κ1) is 21.0. The molecular weight excluding hydrogens is 390 g/mol. The molecule has 1 aliphatic rings. The maximum atomic E-state index is 12.3. The van der Waals surface area contributed by atoms with E-state index in [4.69, 9.17) is 4.42 Å². The first-order valence-electron chi connectivity index (χ1n) is 10.5. The first-order valence-corrected chi connectivity index (χ1v) is 10.5. The van der Waals surface area contributed by atoms with E-state index < -0.39 is 0 Å². The van der Waals surface area contributed by atoms with Crippen LogP contribution < -0.4 is 5.32 Å². The molecule has 1 N–H and O–H groups in total. The highest BCUT2D eigenvalue weighted by atomic mass is 16.3. The van der Waals surface area contributed by atoms with Gasteiger partial charge in [0.25, 0.3) is 5.91 Å². The van der Waals surface area contributed by atoms with Gasteiger partial charge in [0.2, 0.25) is 5.89 Å². The van der Waals surface area contributed by atoms with Gasteiger partial charge in [-0.15, -0.1) is 0 Å². The Hall–Kier alpha value is -3.29. The van der Waals surface area contributed by atoms with Crippen molar-refractivity contribution < 1.29 is 9.21 Å². The highest BCUT2D eigenvalue weighted by Gasteiger charge is 2.19. The quantitative estimate of drug-likeness (QED) is 0.608. The lowest BCUT2D eigenvalue weighted by Crippen LogP contribution is -2.45. The summed E-state index contributed by atoms with van der Waals surface area (Å²) in [5.74, 6) is 0.341. The van der Waals surface area contributed by atoms with Gasteiger partial charge in [0.15, 0.2) is 5.69 Å². The fourth-order valence-electron chi connectivity index (χ4n) is 3.48. The average Bonchev–Trinajstić information content (AvgIpc) is 3.29. The van der Waals surface area contributed by atoms with Crippen LogP contribution in [-0.4, -0.2) is 58.4 Å². The standard InChI is InChI=1S/C24H27N5O2/c30-24(26-17-21-8-10-25-11-9-21)22-19-31-23(27-22)18-29-15-13-28(14-16-29)12-4-7-20-5-2-1-3-6-20/h1-11,19H,12-18H2,(H,26,30). The van der Waals surface area contributed by atoms with Gasteiger partial charge < -0.3 is 9.73 Å². The van der Waals surface area contributed by atoms with Crippen molar-refractivity contribution in [3.05, 3.63) is 89.9 Å². The molecule has 4 rings (SSSR count). The number of carbonyl (C=O) groups is 1. The molecule has 3 heterocycles. The van der Waals surface area contributed by atoms with Crippen LogP contribution in [0.1, 0.15) is 27.5 Å². The van der Waals surface area contributed by atoms with Crippen molar-refractivity contribution in [3.63, 3.8) is 0 Å². The number of rotatable bonds is 8. The van der Waals surface area contributed by atoms with Gasteiger partial charge in [-0.05, 0) is 23.3 Å². The average molecular weight is 418 g/mol. The topological polar surface area (TPSA) is 74.5 Å². The Balaban J connectivity index is 1.19. The first-order chi connectivity index (χ1) is 15.3. The van der Waals surface area contributed by atoms with Crippen molar-refractivity contribution in [1.82, 2.24) is 25.1 Å². The fraction of sp³-hybridized carbons (Fsp3) is 0.292. The number of carbonyl (C=O) groups excluding carboxylic acids is 1. The molecule has 0 bridgehead atoms. The van der Waals surface area contributed by atoms with E-state index in [2.05, 4.69) is 61.5 Å². The Morgan fingerprint density at radius 2 is 1.77 bits per heavy atom. The molecule has 1 fully saturated rings. The highest BCUT2D eigenvalue weighted by molar-refractivity contribution is 5.91. The van der Waals surface area contributed by atoms with E-state index >= 15 is 0 Å². The Labute approximate surface area is 182 Å². The van der Waals surface area contributed by atoms with E-state index in [0.717, 1.165) is 38.3 Å². The number of benzene rings is 1. The second-order valence-electron chi connectivity index (χ2n) is 7.55. The summed E-state index contributed by atoms with van der Waals surface area (Å²) in [4.78, 5) is 25.4. The zero-order chi connectivity index (χ0) is 21.3. The van der Waals surface area contributed by atoms with Gasteiger partial charge in [-0.1, -0.05) is 42.5 Å². The molecule has 7 nitrogen and oxygen atoms in total. The summed E-state index contributed by atoms with van der Waals surface area (Å²) in [7, 11) is 0. The van der Waals surface area contributed by atoms with Crippen LogP contribution in [0.3, 0.4) is 0 Å². The minimum Gasteiger partial charge on any atom is -0.447 e. The summed E-state index contributed by atoms with van der Waals surface area (Å²) in [6, 6.07) is 14.1. The summed E-state index contributed by atoms with van der Waals surface area (Å²) in [6.07, 6.45) is 9.22. The molecule has 0 saturated carbocycles. The minimum atomic E-state index is -0.234.